The molecule has 0 saturated carbocycles. The zero-order chi connectivity index (χ0) is 12.0. The lowest BCUT2D eigenvalue weighted by atomic mass is 10.4. The molecule has 1 rings (SSSR count). The first-order valence-corrected chi connectivity index (χ1v) is 6.76. The smallest absolute Gasteiger partial charge is 0.235 e. The van der Waals surface area contributed by atoms with E-state index in [4.69, 9.17) is 16.3 Å². The number of nitrogens with zero attached hydrogens (tertiary/aromatic N) is 1. The normalized spacial score (nSPS) is 11.4. The van der Waals surface area contributed by atoms with Crippen molar-refractivity contribution in [1.29, 1.82) is 0 Å². The molecule has 0 fully saturated rings. The van der Waals surface area contributed by atoms with Crippen molar-refractivity contribution in [3.8, 4) is 0 Å². The quantitative estimate of drug-likeness (QED) is 0.791. The van der Waals surface area contributed by atoms with Gasteiger partial charge in [-0.2, -0.15) is 0 Å². The molecule has 1 aromatic rings. The average Bonchev–Trinajstić information content (AvgIpc) is 2.21. The number of aromatic nitrogens is 1. The van der Waals surface area contributed by atoms with Crippen LogP contribution in [0.4, 0.5) is 5.69 Å². The zero-order valence-electron chi connectivity index (χ0n) is 8.81. The number of hydrogen-bond donors (Lipinski definition) is 1. The van der Waals surface area contributed by atoms with E-state index in [0.29, 0.717) is 11.6 Å². The van der Waals surface area contributed by atoms with Crippen molar-refractivity contribution in [1.82, 2.24) is 4.98 Å². The third-order valence-electron chi connectivity index (χ3n) is 1.73. The molecule has 0 aromatic carbocycles. The van der Waals surface area contributed by atoms with Crippen LogP contribution in [0, 0.1) is 0 Å². The van der Waals surface area contributed by atoms with Gasteiger partial charge < -0.3 is 4.74 Å². The van der Waals surface area contributed by atoms with Crippen LogP contribution in [0.5, 0.6) is 0 Å². The Morgan fingerprint density at radius 2 is 2.31 bits per heavy atom. The topological polar surface area (TPSA) is 68.3 Å². The lowest BCUT2D eigenvalue weighted by Gasteiger charge is -2.08. The first kappa shape index (κ1) is 13.2. The van der Waals surface area contributed by atoms with Crippen LogP contribution in [0.1, 0.15) is 6.92 Å². The van der Waals surface area contributed by atoms with E-state index >= 15 is 0 Å². The van der Waals surface area contributed by atoms with Crippen molar-refractivity contribution in [3.63, 3.8) is 0 Å². The molecule has 1 N–H and O–H groups in total. The molecule has 0 saturated heterocycles. The number of pyridine rings is 1. The molecule has 5 nitrogen and oxygen atoms in total. The third-order valence-corrected chi connectivity index (χ3v) is 3.30. The molecule has 0 aliphatic heterocycles. The number of sulfonamides is 1. The van der Waals surface area contributed by atoms with Crippen LogP contribution >= 0.6 is 11.6 Å². The summed E-state index contributed by atoms with van der Waals surface area (Å²) in [6, 6.07) is 1.52. The Morgan fingerprint density at radius 1 is 1.56 bits per heavy atom. The van der Waals surface area contributed by atoms with Crippen LogP contribution in [0.25, 0.3) is 0 Å². The van der Waals surface area contributed by atoms with E-state index in [1.54, 1.807) is 6.92 Å². The summed E-state index contributed by atoms with van der Waals surface area (Å²) in [7, 11) is -3.43. The fourth-order valence-electron chi connectivity index (χ4n) is 0.984. The Hall–Kier alpha value is -0.850. The average molecular weight is 265 g/mol. The minimum absolute atomic E-state index is 0.105. The molecule has 0 bridgehead atoms. The van der Waals surface area contributed by atoms with Crippen LogP contribution in [-0.4, -0.2) is 32.4 Å². The van der Waals surface area contributed by atoms with Gasteiger partial charge in [0.05, 0.1) is 29.3 Å². The van der Waals surface area contributed by atoms with Crippen molar-refractivity contribution in [2.24, 2.45) is 0 Å². The number of hydrogen-bond acceptors (Lipinski definition) is 4. The van der Waals surface area contributed by atoms with Gasteiger partial charge in [0.1, 0.15) is 0 Å². The lowest BCUT2D eigenvalue weighted by molar-refractivity contribution is 0.163. The van der Waals surface area contributed by atoms with Crippen LogP contribution < -0.4 is 4.72 Å². The van der Waals surface area contributed by atoms with Gasteiger partial charge in [0.15, 0.2) is 0 Å². The molecule has 16 heavy (non-hydrogen) atoms. The van der Waals surface area contributed by atoms with Gasteiger partial charge in [0, 0.05) is 12.8 Å². The number of halogens is 1. The Balaban J connectivity index is 2.63. The van der Waals surface area contributed by atoms with Crippen molar-refractivity contribution >= 4 is 27.3 Å². The highest BCUT2D eigenvalue weighted by Crippen LogP contribution is 2.20. The highest BCUT2D eigenvalue weighted by Gasteiger charge is 2.12. The summed E-state index contributed by atoms with van der Waals surface area (Å²) in [5.74, 6) is -0.105. The van der Waals surface area contributed by atoms with Gasteiger partial charge in [-0.05, 0) is 13.0 Å². The summed E-state index contributed by atoms with van der Waals surface area (Å²) in [5.41, 5.74) is 0.278. The summed E-state index contributed by atoms with van der Waals surface area (Å²) < 4.78 is 30.4. The highest BCUT2D eigenvalue weighted by atomic mass is 35.5. The van der Waals surface area contributed by atoms with Crippen molar-refractivity contribution in [3.05, 3.63) is 23.5 Å². The molecule has 0 aliphatic rings. The lowest BCUT2D eigenvalue weighted by Crippen LogP contribution is -2.20. The predicted molar refractivity (Wildman–Crippen MR) is 63.1 cm³/mol. The maximum atomic E-state index is 11.5. The fraction of sp³-hybridized carbons (Fsp3) is 0.444. The molecule has 7 heteroatoms. The van der Waals surface area contributed by atoms with Crippen molar-refractivity contribution < 1.29 is 13.2 Å². The molecule has 1 heterocycles. The summed E-state index contributed by atoms with van der Waals surface area (Å²) >= 11 is 5.79. The molecule has 1 aromatic heterocycles. The van der Waals surface area contributed by atoms with Gasteiger partial charge in [-0.3, -0.25) is 9.71 Å². The van der Waals surface area contributed by atoms with E-state index < -0.39 is 10.0 Å². The van der Waals surface area contributed by atoms with E-state index in [9.17, 15) is 8.42 Å². The van der Waals surface area contributed by atoms with E-state index in [0.717, 1.165) is 0 Å². The zero-order valence-corrected chi connectivity index (χ0v) is 10.4. The second-order valence-electron chi connectivity index (χ2n) is 2.97. The Bertz CT molecular complexity index is 436. The maximum Gasteiger partial charge on any atom is 0.235 e. The molecule has 0 spiro atoms. The number of anilines is 1. The van der Waals surface area contributed by atoms with Crippen LogP contribution in [0.15, 0.2) is 18.5 Å². The molecule has 0 atom stereocenters. The van der Waals surface area contributed by atoms with Crippen molar-refractivity contribution in [2.75, 3.05) is 23.7 Å². The summed E-state index contributed by atoms with van der Waals surface area (Å²) in [6.07, 6.45) is 2.85. The van der Waals surface area contributed by atoms with E-state index in [-0.39, 0.29) is 18.0 Å². The SMILES string of the molecule is CCOCCS(=O)(=O)Nc1cnccc1Cl. The third kappa shape index (κ3) is 4.34. The summed E-state index contributed by atoms with van der Waals surface area (Å²) in [6.45, 7) is 2.45. The number of nitrogens with one attached hydrogen (secondary N) is 1. The summed E-state index contributed by atoms with van der Waals surface area (Å²) in [4.78, 5) is 3.78. The second-order valence-corrected chi connectivity index (χ2v) is 5.22. The largest absolute Gasteiger partial charge is 0.381 e. The van der Waals surface area contributed by atoms with E-state index in [1.165, 1.54) is 18.5 Å². The van der Waals surface area contributed by atoms with E-state index in [1.807, 2.05) is 0 Å². The van der Waals surface area contributed by atoms with Gasteiger partial charge >= 0.3 is 0 Å². The Morgan fingerprint density at radius 3 is 2.94 bits per heavy atom. The molecule has 0 radical (unpaired) electrons. The van der Waals surface area contributed by atoms with E-state index in [2.05, 4.69) is 9.71 Å². The van der Waals surface area contributed by atoms with Crippen LogP contribution in [0.3, 0.4) is 0 Å². The highest BCUT2D eigenvalue weighted by molar-refractivity contribution is 7.92. The number of ether oxygens (including phenoxy) is 1. The summed E-state index contributed by atoms with van der Waals surface area (Å²) in [5, 5.41) is 0.315. The first-order chi connectivity index (χ1) is 7.55. The molecular formula is C9H13ClN2O3S. The molecule has 90 valence electrons. The predicted octanol–water partition coefficient (Wildman–Crippen LogP) is 1.51. The van der Waals surface area contributed by atoms with Gasteiger partial charge in [-0.15, -0.1) is 0 Å². The molecule has 0 aliphatic carbocycles. The molecular weight excluding hydrogens is 252 g/mol. The Kier molecular flexibility index (Phi) is 4.98. The van der Waals surface area contributed by atoms with Crippen LogP contribution in [0.2, 0.25) is 5.02 Å². The monoisotopic (exact) mass is 264 g/mol. The molecule has 0 amide bonds. The van der Waals surface area contributed by atoms with Gasteiger partial charge in [-0.25, -0.2) is 8.42 Å². The Labute approximate surface area is 99.8 Å². The minimum atomic E-state index is -3.43. The van der Waals surface area contributed by atoms with Gasteiger partial charge in [-0.1, -0.05) is 11.6 Å². The van der Waals surface area contributed by atoms with Gasteiger partial charge in [0.25, 0.3) is 0 Å². The second kappa shape index (κ2) is 6.03. The molecule has 0 unspecified atom stereocenters. The number of rotatable bonds is 6. The standard InChI is InChI=1S/C9H13ClN2O3S/c1-2-15-5-6-16(13,14)12-9-7-11-4-3-8(9)10/h3-4,7,12H,2,5-6H2,1H3. The fourth-order valence-corrected chi connectivity index (χ4v) is 2.13. The minimum Gasteiger partial charge on any atom is -0.381 e. The van der Waals surface area contributed by atoms with Gasteiger partial charge in [0.2, 0.25) is 10.0 Å². The van der Waals surface area contributed by atoms with Crippen molar-refractivity contribution in [2.45, 2.75) is 6.92 Å². The maximum absolute atomic E-state index is 11.5. The first-order valence-electron chi connectivity index (χ1n) is 4.73. The van der Waals surface area contributed by atoms with Crippen LogP contribution in [-0.2, 0) is 14.8 Å².